The van der Waals surface area contributed by atoms with E-state index in [9.17, 15) is 19.7 Å². The molecule has 0 N–H and O–H groups in total. The van der Waals surface area contributed by atoms with Crippen molar-refractivity contribution in [1.29, 1.82) is 0 Å². The Morgan fingerprint density at radius 2 is 1.41 bits per heavy atom. The molecule has 3 aromatic rings. The van der Waals surface area contributed by atoms with E-state index >= 15 is 0 Å². The molecule has 0 fully saturated rings. The molecule has 0 atom stereocenters. The number of anilines is 3. The van der Waals surface area contributed by atoms with Gasteiger partial charge in [-0.3, -0.25) is 19.7 Å². The summed E-state index contributed by atoms with van der Waals surface area (Å²) < 4.78 is 22.6. The van der Waals surface area contributed by atoms with Crippen molar-refractivity contribution in [3.63, 3.8) is 0 Å². The number of nitrogens with zero attached hydrogens (tertiary/aromatic N) is 5. The quantitative estimate of drug-likeness (QED) is 0.0370. The zero-order valence-corrected chi connectivity index (χ0v) is 29.5. The molecule has 0 bridgehead atoms. The molecule has 0 unspecified atom stereocenters. The number of alkyl halides is 2. The van der Waals surface area contributed by atoms with E-state index in [4.69, 9.17) is 42.1 Å². The molecular weight excluding hydrogens is 677 g/mol. The van der Waals surface area contributed by atoms with E-state index in [1.807, 2.05) is 61.9 Å². The van der Waals surface area contributed by atoms with E-state index in [1.165, 1.54) is 24.3 Å². The number of benzene rings is 3. The first-order valence-electron chi connectivity index (χ1n) is 15.7. The van der Waals surface area contributed by atoms with Crippen LogP contribution in [0.4, 0.5) is 34.1 Å². The second kappa shape index (κ2) is 20.0. The summed E-state index contributed by atoms with van der Waals surface area (Å²) in [7, 11) is 1.91. The SMILES string of the molecule is CCOc1cc(N(C)c2ccc(N(CCOC(=O)CCCl)CCOC(=O)CCCl)cc2C)c(OCC)cc1N=Nc1ccc([N+](=O)[O-])cc1. The van der Waals surface area contributed by atoms with E-state index in [2.05, 4.69) is 10.2 Å². The van der Waals surface area contributed by atoms with Crippen LogP contribution in [0.25, 0.3) is 0 Å². The Balaban J connectivity index is 1.90. The summed E-state index contributed by atoms with van der Waals surface area (Å²) in [6.45, 7) is 7.52. The van der Waals surface area contributed by atoms with Crippen molar-refractivity contribution in [2.45, 2.75) is 33.6 Å². The predicted octanol–water partition coefficient (Wildman–Crippen LogP) is 8.03. The van der Waals surface area contributed by atoms with Crippen molar-refractivity contribution in [2.24, 2.45) is 10.2 Å². The summed E-state index contributed by atoms with van der Waals surface area (Å²) in [4.78, 5) is 38.2. The zero-order chi connectivity index (χ0) is 35.8. The number of hydrogen-bond acceptors (Lipinski definition) is 12. The highest BCUT2D eigenvalue weighted by molar-refractivity contribution is 6.19. The van der Waals surface area contributed by atoms with E-state index in [0.717, 1.165) is 22.6 Å². The number of nitro groups is 1. The van der Waals surface area contributed by atoms with E-state index in [0.29, 0.717) is 49.2 Å². The van der Waals surface area contributed by atoms with Crippen molar-refractivity contribution in [2.75, 3.05) is 68.1 Å². The van der Waals surface area contributed by atoms with Gasteiger partial charge in [0.25, 0.3) is 5.69 Å². The van der Waals surface area contributed by atoms with Crippen molar-refractivity contribution in [1.82, 2.24) is 0 Å². The lowest BCUT2D eigenvalue weighted by Crippen LogP contribution is -2.32. The number of carbonyl (C=O) groups excluding carboxylic acids is 2. The zero-order valence-electron chi connectivity index (χ0n) is 28.0. The lowest BCUT2D eigenvalue weighted by Gasteiger charge is -2.28. The first-order valence-corrected chi connectivity index (χ1v) is 16.8. The lowest BCUT2D eigenvalue weighted by molar-refractivity contribution is -0.384. The fourth-order valence-corrected chi connectivity index (χ4v) is 5.03. The minimum atomic E-state index is -0.475. The van der Waals surface area contributed by atoms with E-state index in [-0.39, 0.29) is 55.4 Å². The number of hydrogen-bond donors (Lipinski definition) is 0. The molecule has 0 saturated heterocycles. The molecule has 0 aromatic heterocycles. The lowest BCUT2D eigenvalue weighted by atomic mass is 10.1. The van der Waals surface area contributed by atoms with Crippen molar-refractivity contribution < 1.29 is 33.5 Å². The molecule has 0 aliphatic heterocycles. The van der Waals surface area contributed by atoms with Crippen LogP contribution in [0.1, 0.15) is 32.3 Å². The number of ether oxygens (including phenoxy) is 4. The summed E-state index contributed by atoms with van der Waals surface area (Å²) in [5.41, 5.74) is 4.23. The molecule has 0 spiro atoms. The van der Waals surface area contributed by atoms with Gasteiger partial charge in [-0.05, 0) is 56.7 Å². The van der Waals surface area contributed by atoms with Crippen LogP contribution >= 0.6 is 23.2 Å². The van der Waals surface area contributed by atoms with Crippen LogP contribution in [0.3, 0.4) is 0 Å². The first-order chi connectivity index (χ1) is 23.6. The molecule has 0 aliphatic carbocycles. The van der Waals surface area contributed by atoms with Gasteiger partial charge in [0.15, 0.2) is 0 Å². The van der Waals surface area contributed by atoms with Crippen LogP contribution in [0.15, 0.2) is 64.8 Å². The summed E-state index contributed by atoms with van der Waals surface area (Å²) in [5.74, 6) is 0.623. The summed E-state index contributed by atoms with van der Waals surface area (Å²) in [5, 5.41) is 19.6. The average molecular weight is 719 g/mol. The maximum absolute atomic E-state index is 11.9. The molecule has 3 aromatic carbocycles. The van der Waals surface area contributed by atoms with Gasteiger partial charge in [-0.1, -0.05) is 0 Å². The predicted molar refractivity (Wildman–Crippen MR) is 190 cm³/mol. The second-order valence-electron chi connectivity index (χ2n) is 10.5. The van der Waals surface area contributed by atoms with Gasteiger partial charge < -0.3 is 28.7 Å². The highest BCUT2D eigenvalue weighted by Gasteiger charge is 2.19. The third kappa shape index (κ3) is 11.8. The van der Waals surface area contributed by atoms with Gasteiger partial charge in [0.2, 0.25) is 0 Å². The Bertz CT molecular complexity index is 1570. The molecule has 49 heavy (non-hydrogen) atoms. The summed E-state index contributed by atoms with van der Waals surface area (Å²) >= 11 is 11.3. The van der Waals surface area contributed by atoms with Gasteiger partial charge >= 0.3 is 11.9 Å². The van der Waals surface area contributed by atoms with Gasteiger partial charge in [0.05, 0.1) is 55.4 Å². The standard InChI is InChI=1S/C34H41Cl2N5O8/c1-5-46-31-23-30(32(47-6-2)22-28(31)38-37-25-7-9-26(10-8-25)41(44)45)39(4)29-12-11-27(21-24(29)3)40(17-19-48-33(42)13-15-35)18-20-49-34(43)14-16-36/h7-12,21-23H,5-6,13-20H2,1-4H3. The van der Waals surface area contributed by atoms with Crippen molar-refractivity contribution in [3.05, 3.63) is 70.3 Å². The Hall–Kier alpha value is -4.62. The maximum atomic E-state index is 11.9. The Labute approximate surface area is 295 Å². The molecule has 15 heteroatoms. The number of rotatable bonds is 20. The number of aryl methyl sites for hydroxylation is 1. The van der Waals surface area contributed by atoms with Crippen LogP contribution in [0, 0.1) is 17.0 Å². The van der Waals surface area contributed by atoms with Crippen molar-refractivity contribution >= 4 is 69.3 Å². The van der Waals surface area contributed by atoms with Gasteiger partial charge in [-0.2, -0.15) is 5.11 Å². The molecule has 0 aliphatic rings. The maximum Gasteiger partial charge on any atom is 0.307 e. The largest absolute Gasteiger partial charge is 0.492 e. The smallest absolute Gasteiger partial charge is 0.307 e. The Kier molecular flexibility index (Phi) is 15.9. The molecule has 0 heterocycles. The number of esters is 2. The van der Waals surface area contributed by atoms with Gasteiger partial charge in [0.1, 0.15) is 30.4 Å². The van der Waals surface area contributed by atoms with Gasteiger partial charge in [-0.25, -0.2) is 0 Å². The summed E-state index contributed by atoms with van der Waals surface area (Å²) in [6, 6.07) is 15.3. The van der Waals surface area contributed by atoms with Crippen LogP contribution < -0.4 is 19.3 Å². The minimum absolute atomic E-state index is 0.0387. The van der Waals surface area contributed by atoms with Gasteiger partial charge in [-0.15, -0.1) is 28.3 Å². The Morgan fingerprint density at radius 3 is 1.94 bits per heavy atom. The fourth-order valence-electron chi connectivity index (χ4n) is 4.72. The number of carbonyl (C=O) groups is 2. The molecule has 13 nitrogen and oxygen atoms in total. The number of azo groups is 1. The summed E-state index contributed by atoms with van der Waals surface area (Å²) in [6.07, 6.45) is 0.242. The van der Waals surface area contributed by atoms with Crippen LogP contribution in [0.5, 0.6) is 11.5 Å². The monoisotopic (exact) mass is 717 g/mol. The molecule has 0 saturated carbocycles. The van der Waals surface area contributed by atoms with E-state index in [1.54, 1.807) is 6.07 Å². The number of nitro benzene ring substituents is 1. The molecule has 3 rings (SSSR count). The van der Waals surface area contributed by atoms with Crippen LogP contribution in [0.2, 0.25) is 0 Å². The third-order valence-corrected chi connectivity index (χ3v) is 7.47. The van der Waals surface area contributed by atoms with Gasteiger partial charge in [0, 0.05) is 54.4 Å². The number of non-ortho nitro benzene ring substituents is 1. The second-order valence-corrected chi connectivity index (χ2v) is 11.2. The molecular formula is C34H41Cl2N5O8. The van der Waals surface area contributed by atoms with Crippen LogP contribution in [-0.4, -0.2) is 75.2 Å². The number of halogens is 2. The first kappa shape index (κ1) is 38.8. The van der Waals surface area contributed by atoms with Crippen molar-refractivity contribution in [3.8, 4) is 11.5 Å². The molecule has 264 valence electrons. The highest BCUT2D eigenvalue weighted by atomic mass is 35.5. The topological polar surface area (TPSA) is 145 Å². The Morgan fingerprint density at radius 1 is 0.816 bits per heavy atom. The normalized spacial score (nSPS) is 10.9. The third-order valence-electron chi connectivity index (χ3n) is 7.09. The fraction of sp³-hybridized carbons (Fsp3) is 0.412. The molecule has 0 radical (unpaired) electrons. The van der Waals surface area contributed by atoms with E-state index < -0.39 is 4.92 Å². The minimum Gasteiger partial charge on any atom is -0.492 e. The molecule has 0 amide bonds. The van der Waals surface area contributed by atoms with Crippen LogP contribution in [-0.2, 0) is 19.1 Å². The average Bonchev–Trinajstić information content (AvgIpc) is 3.07. The highest BCUT2D eigenvalue weighted by Crippen LogP contribution is 2.43.